The second-order valence-corrected chi connectivity index (χ2v) is 3.37. The van der Waals surface area contributed by atoms with Gasteiger partial charge in [0.05, 0.1) is 12.0 Å². The van der Waals surface area contributed by atoms with Gasteiger partial charge < -0.3 is 0 Å². The van der Waals surface area contributed by atoms with Crippen LogP contribution in [-0.2, 0) is 0 Å². The molecule has 1 nitrogen and oxygen atoms in total. The van der Waals surface area contributed by atoms with E-state index in [9.17, 15) is 4.39 Å². The summed E-state index contributed by atoms with van der Waals surface area (Å²) in [5.41, 5.74) is 0.818. The lowest BCUT2D eigenvalue weighted by Crippen LogP contribution is -1.91. The van der Waals surface area contributed by atoms with Crippen LogP contribution in [0.25, 0.3) is 0 Å². The first-order valence-electron chi connectivity index (χ1n) is 3.49. The maximum atomic E-state index is 12.6. The van der Waals surface area contributed by atoms with Crippen LogP contribution < -0.4 is 0 Å². The molecule has 0 saturated heterocycles. The van der Waals surface area contributed by atoms with Crippen molar-refractivity contribution in [1.29, 1.82) is 5.26 Å². The van der Waals surface area contributed by atoms with E-state index in [2.05, 4.69) is 22.0 Å². The van der Waals surface area contributed by atoms with Crippen molar-refractivity contribution in [2.24, 2.45) is 0 Å². The van der Waals surface area contributed by atoms with Crippen molar-refractivity contribution in [3.8, 4) is 6.07 Å². The Morgan fingerprint density at radius 1 is 1.58 bits per heavy atom. The molecule has 12 heavy (non-hydrogen) atoms. The highest BCUT2D eigenvalue weighted by molar-refractivity contribution is 9.10. The van der Waals surface area contributed by atoms with Gasteiger partial charge in [-0.3, -0.25) is 0 Å². The maximum Gasteiger partial charge on any atom is 0.124 e. The van der Waals surface area contributed by atoms with Crippen molar-refractivity contribution in [3.05, 3.63) is 34.1 Å². The van der Waals surface area contributed by atoms with Crippen LogP contribution in [0, 0.1) is 17.1 Å². The van der Waals surface area contributed by atoms with Gasteiger partial charge in [-0.15, -0.1) is 0 Å². The zero-order valence-corrected chi connectivity index (χ0v) is 8.10. The van der Waals surface area contributed by atoms with Gasteiger partial charge in [-0.05, 0) is 24.6 Å². The number of hydrogen-bond donors (Lipinski definition) is 0. The van der Waals surface area contributed by atoms with Crippen molar-refractivity contribution in [1.82, 2.24) is 0 Å². The first kappa shape index (κ1) is 9.21. The lowest BCUT2D eigenvalue weighted by atomic mass is 10.0. The first-order valence-corrected chi connectivity index (χ1v) is 4.29. The minimum absolute atomic E-state index is 0.208. The predicted octanol–water partition coefficient (Wildman–Crippen LogP) is 3.22. The SMILES string of the molecule is CC(C#N)c1ccc(F)cc1Br. The Morgan fingerprint density at radius 2 is 2.25 bits per heavy atom. The van der Waals surface area contributed by atoms with Crippen LogP contribution in [0.3, 0.4) is 0 Å². The molecule has 0 bridgehead atoms. The average Bonchev–Trinajstić information content (AvgIpc) is 2.03. The summed E-state index contributed by atoms with van der Waals surface area (Å²) in [4.78, 5) is 0. The fraction of sp³-hybridized carbons (Fsp3) is 0.222. The molecule has 0 saturated carbocycles. The van der Waals surface area contributed by atoms with Crippen molar-refractivity contribution >= 4 is 15.9 Å². The summed E-state index contributed by atoms with van der Waals surface area (Å²) in [6.45, 7) is 1.78. The second kappa shape index (κ2) is 3.68. The third-order valence-electron chi connectivity index (χ3n) is 1.62. The van der Waals surface area contributed by atoms with Gasteiger partial charge in [0.1, 0.15) is 5.82 Å². The van der Waals surface area contributed by atoms with E-state index in [1.807, 2.05) is 0 Å². The molecule has 3 heteroatoms. The fourth-order valence-electron chi connectivity index (χ4n) is 0.922. The van der Waals surface area contributed by atoms with E-state index in [1.54, 1.807) is 13.0 Å². The van der Waals surface area contributed by atoms with E-state index >= 15 is 0 Å². The van der Waals surface area contributed by atoms with E-state index in [1.165, 1.54) is 12.1 Å². The number of nitrogens with zero attached hydrogens (tertiary/aromatic N) is 1. The van der Waals surface area contributed by atoms with Crippen LogP contribution in [-0.4, -0.2) is 0 Å². The molecule has 1 rings (SSSR count). The number of nitriles is 1. The Bertz CT molecular complexity index is 330. The smallest absolute Gasteiger partial charge is 0.124 e. The molecule has 1 atom stereocenters. The summed E-state index contributed by atoms with van der Waals surface area (Å²) < 4.78 is 13.3. The summed E-state index contributed by atoms with van der Waals surface area (Å²) in [7, 11) is 0. The Labute approximate surface area is 79.0 Å². The van der Waals surface area contributed by atoms with Crippen molar-refractivity contribution in [2.75, 3.05) is 0 Å². The van der Waals surface area contributed by atoms with E-state index in [-0.39, 0.29) is 11.7 Å². The zero-order valence-electron chi connectivity index (χ0n) is 6.51. The average molecular weight is 228 g/mol. The van der Waals surface area contributed by atoms with Crippen molar-refractivity contribution in [3.63, 3.8) is 0 Å². The van der Waals surface area contributed by atoms with E-state index < -0.39 is 0 Å². The molecule has 0 aliphatic heterocycles. The van der Waals surface area contributed by atoms with Gasteiger partial charge in [0, 0.05) is 4.47 Å². The molecule has 62 valence electrons. The molecule has 0 radical (unpaired) electrons. The van der Waals surface area contributed by atoms with E-state index in [0.29, 0.717) is 4.47 Å². The van der Waals surface area contributed by atoms with Gasteiger partial charge in [-0.2, -0.15) is 5.26 Å². The summed E-state index contributed by atoms with van der Waals surface area (Å²) in [5.74, 6) is -0.504. The van der Waals surface area contributed by atoms with Gasteiger partial charge >= 0.3 is 0 Å². The highest BCUT2D eigenvalue weighted by Crippen LogP contribution is 2.24. The Hall–Kier alpha value is -0.880. The lowest BCUT2D eigenvalue weighted by Gasteiger charge is -2.04. The fourth-order valence-corrected chi connectivity index (χ4v) is 1.62. The lowest BCUT2D eigenvalue weighted by molar-refractivity contribution is 0.625. The summed E-state index contributed by atoms with van der Waals surface area (Å²) in [6, 6.07) is 6.43. The molecule has 1 aromatic carbocycles. The van der Waals surface area contributed by atoms with Gasteiger partial charge in [-0.1, -0.05) is 22.0 Å². The minimum atomic E-state index is -0.296. The van der Waals surface area contributed by atoms with Gasteiger partial charge in [0.2, 0.25) is 0 Å². The Balaban J connectivity index is 3.11. The van der Waals surface area contributed by atoms with Crippen LogP contribution in [0.1, 0.15) is 18.4 Å². The number of rotatable bonds is 1. The second-order valence-electron chi connectivity index (χ2n) is 2.52. The summed E-state index contributed by atoms with van der Waals surface area (Å²) in [5, 5.41) is 8.62. The van der Waals surface area contributed by atoms with Crippen LogP contribution in [0.15, 0.2) is 22.7 Å². The topological polar surface area (TPSA) is 23.8 Å². The largest absolute Gasteiger partial charge is 0.207 e. The third kappa shape index (κ3) is 1.83. The third-order valence-corrected chi connectivity index (χ3v) is 2.31. The molecule has 0 amide bonds. The molecule has 0 aliphatic carbocycles. The van der Waals surface area contributed by atoms with Gasteiger partial charge in [0.25, 0.3) is 0 Å². The van der Waals surface area contributed by atoms with Crippen molar-refractivity contribution in [2.45, 2.75) is 12.8 Å². The highest BCUT2D eigenvalue weighted by Gasteiger charge is 2.08. The molecular weight excluding hydrogens is 221 g/mol. The van der Waals surface area contributed by atoms with Crippen LogP contribution in [0.2, 0.25) is 0 Å². The van der Waals surface area contributed by atoms with Gasteiger partial charge in [-0.25, -0.2) is 4.39 Å². The normalized spacial score (nSPS) is 12.2. The maximum absolute atomic E-state index is 12.6. The van der Waals surface area contributed by atoms with Crippen molar-refractivity contribution < 1.29 is 4.39 Å². The predicted molar refractivity (Wildman–Crippen MR) is 48.1 cm³/mol. The standard InChI is InChI=1S/C9H7BrFN/c1-6(5-12)8-3-2-7(11)4-9(8)10/h2-4,6H,1H3. The minimum Gasteiger partial charge on any atom is -0.207 e. The molecule has 1 aromatic rings. The van der Waals surface area contributed by atoms with E-state index in [4.69, 9.17) is 5.26 Å². The quantitative estimate of drug-likeness (QED) is 0.723. The van der Waals surface area contributed by atoms with Crippen LogP contribution >= 0.6 is 15.9 Å². The molecule has 0 aliphatic rings. The van der Waals surface area contributed by atoms with Gasteiger partial charge in [0.15, 0.2) is 0 Å². The van der Waals surface area contributed by atoms with Crippen LogP contribution in [0.4, 0.5) is 4.39 Å². The number of hydrogen-bond acceptors (Lipinski definition) is 1. The molecule has 0 N–H and O–H groups in total. The Morgan fingerprint density at radius 3 is 2.75 bits per heavy atom. The Kier molecular flexibility index (Phi) is 2.83. The van der Waals surface area contributed by atoms with Crippen LogP contribution in [0.5, 0.6) is 0 Å². The number of halogens is 2. The van der Waals surface area contributed by atoms with E-state index in [0.717, 1.165) is 5.56 Å². The molecule has 0 heterocycles. The zero-order chi connectivity index (χ0) is 9.14. The summed E-state index contributed by atoms with van der Waals surface area (Å²) in [6.07, 6.45) is 0. The monoisotopic (exact) mass is 227 g/mol. The highest BCUT2D eigenvalue weighted by atomic mass is 79.9. The molecule has 0 spiro atoms. The number of benzene rings is 1. The molecule has 0 aromatic heterocycles. The summed E-state index contributed by atoms with van der Waals surface area (Å²) >= 11 is 3.20. The first-order chi connectivity index (χ1) is 5.65. The molecular formula is C9H7BrFN. The molecule has 1 unspecified atom stereocenters. The molecule has 0 fully saturated rings.